The van der Waals surface area contributed by atoms with Crippen LogP contribution in [0.4, 0.5) is 0 Å². The van der Waals surface area contributed by atoms with Gasteiger partial charge in [-0.15, -0.1) is 0 Å². The molecular weight excluding hydrogens is 625 g/mol. The van der Waals surface area contributed by atoms with E-state index in [0.717, 1.165) is 50.0 Å². The summed E-state index contributed by atoms with van der Waals surface area (Å²) in [6.45, 7) is 8.31. The van der Waals surface area contributed by atoms with E-state index in [1.165, 1.54) is 5.56 Å². The molecule has 0 amide bonds. The fourth-order valence-electron chi connectivity index (χ4n) is 6.27. The second-order valence-corrected chi connectivity index (χ2v) is 14.0. The molecule has 0 N–H and O–H groups in total. The lowest BCUT2D eigenvalue weighted by Crippen LogP contribution is -2.41. The monoisotopic (exact) mass is 663 g/mol. The summed E-state index contributed by atoms with van der Waals surface area (Å²) in [5.41, 5.74) is 10.00. The summed E-state index contributed by atoms with van der Waals surface area (Å²) < 4.78 is 12.5. The highest BCUT2D eigenvalue weighted by Crippen LogP contribution is 2.37. The van der Waals surface area contributed by atoms with Crippen LogP contribution in [0.25, 0.3) is 67.5 Å². The number of aromatic nitrogens is 3. The first-order valence-electron chi connectivity index (χ1n) is 17.4. The number of rotatable bonds is 7. The van der Waals surface area contributed by atoms with Crippen LogP contribution in [0.3, 0.4) is 0 Å². The summed E-state index contributed by atoms with van der Waals surface area (Å²) in [4.78, 5) is 14.8. The fraction of sp³-hybridized carbons (Fsp3) is 0.133. The Morgan fingerprint density at radius 3 is 0.941 bits per heavy atom. The molecule has 1 fully saturated rings. The van der Waals surface area contributed by atoms with Gasteiger partial charge in [0.2, 0.25) is 0 Å². The molecule has 0 atom stereocenters. The highest BCUT2D eigenvalue weighted by molar-refractivity contribution is 6.62. The Bertz CT molecular complexity index is 2260. The molecule has 0 unspecified atom stereocenters. The number of nitrogens with zero attached hydrogens (tertiary/aromatic N) is 3. The Kier molecular flexibility index (Phi) is 8.43. The van der Waals surface area contributed by atoms with E-state index in [2.05, 4.69) is 149 Å². The minimum absolute atomic E-state index is 0.361. The van der Waals surface area contributed by atoms with Crippen molar-refractivity contribution in [1.29, 1.82) is 0 Å². The van der Waals surface area contributed by atoms with Crippen LogP contribution in [0, 0.1) is 0 Å². The number of benzene rings is 6. The smallest absolute Gasteiger partial charge is 0.399 e. The predicted octanol–water partition coefficient (Wildman–Crippen LogP) is 10.2. The van der Waals surface area contributed by atoms with Crippen LogP contribution in [0.15, 0.2) is 158 Å². The van der Waals surface area contributed by atoms with Crippen LogP contribution >= 0.6 is 0 Å². The maximum Gasteiger partial charge on any atom is 0.494 e. The molecule has 6 aromatic carbocycles. The standard InChI is InChI=1S/C45H38BN3O2/c1-44(2)45(3,4)51-46(50-44)40-29-27-36(28-30-40)34-17-15-33(16-18-34)35-21-25-39(26-22-35)43-48-41(37-13-9-6-10-14-37)47-42(49-43)38-23-19-32(20-24-38)31-11-7-5-8-12-31/h5-30H,1-4H3. The SMILES string of the molecule is CC1(C)OB(c2ccc(-c3ccc(-c4ccc(-c5nc(-c6ccccc6)nc(-c6ccc(-c7ccccc7)cc6)n5)cc4)cc3)cc2)OC1(C)C. The quantitative estimate of drug-likeness (QED) is 0.159. The molecule has 6 heteroatoms. The Labute approximate surface area is 300 Å². The third-order valence-electron chi connectivity index (χ3n) is 10.0. The molecule has 0 spiro atoms. The van der Waals surface area contributed by atoms with Crippen LogP contribution in [0.5, 0.6) is 0 Å². The first kappa shape index (κ1) is 32.5. The molecule has 8 rings (SSSR count). The summed E-state index contributed by atoms with van der Waals surface area (Å²) in [6.07, 6.45) is 0. The Balaban J connectivity index is 1.03. The van der Waals surface area contributed by atoms with Gasteiger partial charge in [-0.1, -0.05) is 158 Å². The number of hydrogen-bond donors (Lipinski definition) is 0. The van der Waals surface area contributed by atoms with Crippen molar-refractivity contribution < 1.29 is 9.31 Å². The van der Waals surface area contributed by atoms with E-state index in [9.17, 15) is 0 Å². The minimum atomic E-state index is -0.366. The lowest BCUT2D eigenvalue weighted by atomic mass is 9.78. The molecule has 0 bridgehead atoms. The van der Waals surface area contributed by atoms with Crippen molar-refractivity contribution in [3.8, 4) is 67.5 Å². The zero-order valence-electron chi connectivity index (χ0n) is 29.2. The third-order valence-corrected chi connectivity index (χ3v) is 10.0. The minimum Gasteiger partial charge on any atom is -0.399 e. The van der Waals surface area contributed by atoms with Gasteiger partial charge in [0, 0.05) is 16.7 Å². The molecule has 1 aliphatic heterocycles. The molecule has 51 heavy (non-hydrogen) atoms. The highest BCUT2D eigenvalue weighted by Gasteiger charge is 2.51. The fourth-order valence-corrected chi connectivity index (χ4v) is 6.27. The van der Waals surface area contributed by atoms with Crippen molar-refractivity contribution in [2.24, 2.45) is 0 Å². The second kappa shape index (κ2) is 13.2. The Hall–Kier alpha value is -5.69. The molecule has 1 aromatic heterocycles. The van der Waals surface area contributed by atoms with E-state index in [1.54, 1.807) is 0 Å². The van der Waals surface area contributed by atoms with Crippen LogP contribution in [0.2, 0.25) is 0 Å². The van der Waals surface area contributed by atoms with E-state index in [1.807, 2.05) is 36.4 Å². The van der Waals surface area contributed by atoms with Gasteiger partial charge >= 0.3 is 7.12 Å². The summed E-state index contributed by atoms with van der Waals surface area (Å²) in [6, 6.07) is 54.4. The van der Waals surface area contributed by atoms with Crippen molar-refractivity contribution in [2.75, 3.05) is 0 Å². The van der Waals surface area contributed by atoms with Gasteiger partial charge in [-0.25, -0.2) is 15.0 Å². The zero-order chi connectivity index (χ0) is 35.0. The van der Waals surface area contributed by atoms with Crippen molar-refractivity contribution in [3.05, 3.63) is 158 Å². The first-order chi connectivity index (χ1) is 24.7. The van der Waals surface area contributed by atoms with Gasteiger partial charge in [0.15, 0.2) is 17.5 Å². The van der Waals surface area contributed by atoms with E-state index < -0.39 is 0 Å². The first-order valence-corrected chi connectivity index (χ1v) is 17.4. The summed E-state index contributed by atoms with van der Waals surface area (Å²) in [5, 5.41) is 0. The highest BCUT2D eigenvalue weighted by atomic mass is 16.7. The van der Waals surface area contributed by atoms with Crippen molar-refractivity contribution in [1.82, 2.24) is 15.0 Å². The molecule has 1 aliphatic rings. The average Bonchev–Trinajstić information content (AvgIpc) is 3.41. The Morgan fingerprint density at radius 2 is 0.588 bits per heavy atom. The average molecular weight is 664 g/mol. The maximum atomic E-state index is 6.23. The van der Waals surface area contributed by atoms with Crippen LogP contribution in [-0.2, 0) is 9.31 Å². The van der Waals surface area contributed by atoms with Gasteiger partial charge in [0.1, 0.15) is 0 Å². The zero-order valence-corrected chi connectivity index (χ0v) is 29.2. The van der Waals surface area contributed by atoms with Crippen molar-refractivity contribution in [2.45, 2.75) is 38.9 Å². The van der Waals surface area contributed by atoms with Crippen LogP contribution in [0.1, 0.15) is 27.7 Å². The molecule has 5 nitrogen and oxygen atoms in total. The van der Waals surface area contributed by atoms with Gasteiger partial charge in [0.05, 0.1) is 11.2 Å². The lowest BCUT2D eigenvalue weighted by molar-refractivity contribution is 0.00578. The molecule has 7 aromatic rings. The normalized spacial score (nSPS) is 14.8. The van der Waals surface area contributed by atoms with Gasteiger partial charge in [-0.2, -0.15) is 0 Å². The van der Waals surface area contributed by atoms with Crippen molar-refractivity contribution >= 4 is 12.6 Å². The molecule has 248 valence electrons. The summed E-state index contributed by atoms with van der Waals surface area (Å²) >= 11 is 0. The third kappa shape index (κ3) is 6.64. The molecule has 2 heterocycles. The van der Waals surface area contributed by atoms with Gasteiger partial charge in [-0.05, 0) is 66.5 Å². The largest absolute Gasteiger partial charge is 0.494 e. The second-order valence-electron chi connectivity index (χ2n) is 14.0. The molecule has 0 saturated carbocycles. The van der Waals surface area contributed by atoms with Crippen LogP contribution < -0.4 is 5.46 Å². The van der Waals surface area contributed by atoms with Gasteiger partial charge < -0.3 is 9.31 Å². The van der Waals surface area contributed by atoms with Crippen molar-refractivity contribution in [3.63, 3.8) is 0 Å². The topological polar surface area (TPSA) is 57.1 Å². The molecule has 0 aliphatic carbocycles. The van der Waals surface area contributed by atoms with Gasteiger partial charge in [-0.3, -0.25) is 0 Å². The lowest BCUT2D eigenvalue weighted by Gasteiger charge is -2.32. The molecular formula is C45H38BN3O2. The maximum absolute atomic E-state index is 6.23. The van der Waals surface area contributed by atoms with E-state index in [4.69, 9.17) is 24.3 Å². The van der Waals surface area contributed by atoms with E-state index >= 15 is 0 Å². The molecule has 0 radical (unpaired) electrons. The van der Waals surface area contributed by atoms with Crippen LogP contribution in [-0.4, -0.2) is 33.3 Å². The van der Waals surface area contributed by atoms with Gasteiger partial charge in [0.25, 0.3) is 0 Å². The number of hydrogen-bond acceptors (Lipinski definition) is 5. The molecule has 1 saturated heterocycles. The van der Waals surface area contributed by atoms with E-state index in [-0.39, 0.29) is 18.3 Å². The van der Waals surface area contributed by atoms with E-state index in [0.29, 0.717) is 17.5 Å². The summed E-state index contributed by atoms with van der Waals surface area (Å²) in [5.74, 6) is 1.92. The predicted molar refractivity (Wildman–Crippen MR) is 208 cm³/mol. The summed E-state index contributed by atoms with van der Waals surface area (Å²) in [7, 11) is -0.366. The Morgan fingerprint density at radius 1 is 0.333 bits per heavy atom.